The molecule has 0 saturated heterocycles. The van der Waals surface area contributed by atoms with E-state index in [1.165, 1.54) is 6.92 Å². The van der Waals surface area contributed by atoms with E-state index in [-0.39, 0.29) is 6.61 Å². The van der Waals surface area contributed by atoms with Crippen LogP contribution in [-0.4, -0.2) is 31.4 Å². The molecule has 0 N–H and O–H groups in total. The van der Waals surface area contributed by atoms with E-state index in [1.807, 2.05) is 13.8 Å². The zero-order valence-corrected chi connectivity index (χ0v) is 12.0. The monoisotopic (exact) mass is 266 g/mol. The van der Waals surface area contributed by atoms with Crippen molar-refractivity contribution in [2.45, 2.75) is 46.2 Å². The highest BCUT2D eigenvalue weighted by Gasteiger charge is 2.38. The zero-order chi connectivity index (χ0) is 13.3. The van der Waals surface area contributed by atoms with Crippen LogP contribution in [0.5, 0.6) is 0 Å². The highest BCUT2D eigenvalue weighted by molar-refractivity contribution is 7.55. The molecule has 0 fully saturated rings. The second kappa shape index (κ2) is 8.67. The Balaban J connectivity index is 4.64. The van der Waals surface area contributed by atoms with Gasteiger partial charge in [0.15, 0.2) is 5.66 Å². The smallest absolute Gasteiger partial charge is 0.344 e. The number of hydrogen-bond donors (Lipinski definition) is 0. The van der Waals surface area contributed by atoms with Gasteiger partial charge < -0.3 is 13.8 Å². The molecule has 5 nitrogen and oxygen atoms in total. The summed E-state index contributed by atoms with van der Waals surface area (Å²) in [6.45, 7) is 7.90. The van der Waals surface area contributed by atoms with Gasteiger partial charge in [0.2, 0.25) is 0 Å². The molecule has 0 aliphatic rings. The first-order valence-corrected chi connectivity index (χ1v) is 7.68. The van der Waals surface area contributed by atoms with Gasteiger partial charge in [0.05, 0.1) is 19.8 Å². The number of hydrogen-bond acceptors (Lipinski definition) is 5. The summed E-state index contributed by atoms with van der Waals surface area (Å²) < 4.78 is 27.7. The second-order valence-electron chi connectivity index (χ2n) is 3.63. The summed E-state index contributed by atoms with van der Waals surface area (Å²) in [5.41, 5.74) is -0.874. The molecule has 0 aromatic rings. The van der Waals surface area contributed by atoms with Crippen LogP contribution in [0, 0.1) is 0 Å². The van der Waals surface area contributed by atoms with Gasteiger partial charge in [-0.05, 0) is 26.7 Å². The Labute approximate surface area is 103 Å². The summed E-state index contributed by atoms with van der Waals surface area (Å²) in [5.74, 6) is -0.539. The number of carbonyl (C=O) groups excluding carboxylic acids is 1. The second-order valence-corrected chi connectivity index (χ2v) is 6.00. The molecule has 0 amide bonds. The van der Waals surface area contributed by atoms with Gasteiger partial charge in [-0.3, -0.25) is 9.36 Å². The standard InChI is InChI=1S/C11H23O5P/c1-5-8-15-17(13,16-9-6-2)10(4)11(12)14-7-3/h10H,5-9H2,1-4H3. The molecule has 0 spiro atoms. The minimum atomic E-state index is -3.40. The Hall–Kier alpha value is -0.380. The fourth-order valence-corrected chi connectivity index (χ4v) is 2.82. The van der Waals surface area contributed by atoms with Crippen molar-refractivity contribution in [2.24, 2.45) is 0 Å². The van der Waals surface area contributed by atoms with Crippen molar-refractivity contribution < 1.29 is 23.1 Å². The van der Waals surface area contributed by atoms with E-state index in [0.29, 0.717) is 13.2 Å². The molecule has 0 aliphatic carbocycles. The SMILES string of the molecule is CCCOP(=O)(OCCC)C(C)C(=O)OCC. The van der Waals surface area contributed by atoms with Crippen molar-refractivity contribution in [1.29, 1.82) is 0 Å². The molecule has 0 rings (SSSR count). The largest absolute Gasteiger partial charge is 0.465 e. The van der Waals surface area contributed by atoms with E-state index in [9.17, 15) is 9.36 Å². The van der Waals surface area contributed by atoms with Crippen molar-refractivity contribution in [1.82, 2.24) is 0 Å². The van der Waals surface area contributed by atoms with E-state index in [1.54, 1.807) is 6.92 Å². The van der Waals surface area contributed by atoms with Gasteiger partial charge >= 0.3 is 13.6 Å². The molecular formula is C11H23O5P. The Morgan fingerprint density at radius 2 is 1.59 bits per heavy atom. The average Bonchev–Trinajstić information content (AvgIpc) is 2.33. The van der Waals surface area contributed by atoms with Crippen molar-refractivity contribution in [3.05, 3.63) is 0 Å². The summed E-state index contributed by atoms with van der Waals surface area (Å²) in [4.78, 5) is 11.6. The first-order chi connectivity index (χ1) is 8.01. The van der Waals surface area contributed by atoms with E-state index in [4.69, 9.17) is 13.8 Å². The molecule has 0 saturated carbocycles. The molecule has 0 aromatic carbocycles. The molecule has 0 bridgehead atoms. The van der Waals surface area contributed by atoms with Crippen molar-refractivity contribution >= 4 is 13.6 Å². The van der Waals surface area contributed by atoms with Crippen LogP contribution >= 0.6 is 7.60 Å². The van der Waals surface area contributed by atoms with Crippen molar-refractivity contribution in [3.63, 3.8) is 0 Å². The Morgan fingerprint density at radius 3 is 1.94 bits per heavy atom. The molecular weight excluding hydrogens is 243 g/mol. The van der Waals surface area contributed by atoms with Crippen molar-refractivity contribution in [3.8, 4) is 0 Å². The summed E-state index contributed by atoms with van der Waals surface area (Å²) >= 11 is 0. The lowest BCUT2D eigenvalue weighted by Crippen LogP contribution is -2.23. The Morgan fingerprint density at radius 1 is 1.12 bits per heavy atom. The van der Waals surface area contributed by atoms with Crippen LogP contribution in [0.15, 0.2) is 0 Å². The van der Waals surface area contributed by atoms with Crippen molar-refractivity contribution in [2.75, 3.05) is 19.8 Å². The lowest BCUT2D eigenvalue weighted by Gasteiger charge is -2.22. The minimum absolute atomic E-state index is 0.255. The maximum Gasteiger partial charge on any atom is 0.344 e. The molecule has 0 aliphatic heterocycles. The molecule has 6 heteroatoms. The number of carbonyl (C=O) groups is 1. The molecule has 0 heterocycles. The first kappa shape index (κ1) is 16.6. The molecule has 1 atom stereocenters. The van der Waals surface area contributed by atoms with Crippen LogP contribution in [0.25, 0.3) is 0 Å². The van der Waals surface area contributed by atoms with Gasteiger partial charge in [-0.15, -0.1) is 0 Å². The average molecular weight is 266 g/mol. The Bertz CT molecular complexity index is 255. The van der Waals surface area contributed by atoms with Gasteiger partial charge in [-0.2, -0.15) is 0 Å². The third-order valence-corrected chi connectivity index (χ3v) is 4.30. The normalized spacial score (nSPS) is 13.4. The first-order valence-electron chi connectivity index (χ1n) is 6.07. The number of ether oxygens (including phenoxy) is 1. The summed E-state index contributed by atoms with van der Waals surface area (Å²) in [6.07, 6.45) is 1.43. The van der Waals surface area contributed by atoms with E-state index in [2.05, 4.69) is 0 Å². The van der Waals surface area contributed by atoms with Gasteiger partial charge in [0.25, 0.3) is 0 Å². The third kappa shape index (κ3) is 5.66. The maximum atomic E-state index is 12.4. The number of esters is 1. The molecule has 17 heavy (non-hydrogen) atoms. The molecule has 0 radical (unpaired) electrons. The van der Waals surface area contributed by atoms with E-state index in [0.717, 1.165) is 12.8 Å². The highest BCUT2D eigenvalue weighted by atomic mass is 31.2. The predicted molar refractivity (Wildman–Crippen MR) is 66.2 cm³/mol. The highest BCUT2D eigenvalue weighted by Crippen LogP contribution is 2.53. The molecule has 102 valence electrons. The van der Waals surface area contributed by atoms with E-state index < -0.39 is 19.2 Å². The Kier molecular flexibility index (Phi) is 8.48. The quantitative estimate of drug-likeness (QED) is 0.474. The van der Waals surface area contributed by atoms with Crippen LogP contribution in [0.3, 0.4) is 0 Å². The van der Waals surface area contributed by atoms with Crippen LogP contribution in [0.4, 0.5) is 0 Å². The number of rotatable bonds is 9. The minimum Gasteiger partial charge on any atom is -0.465 e. The van der Waals surface area contributed by atoms with Crippen LogP contribution < -0.4 is 0 Å². The summed E-state index contributed by atoms with van der Waals surface area (Å²) in [7, 11) is -3.40. The molecule has 1 unspecified atom stereocenters. The zero-order valence-electron chi connectivity index (χ0n) is 11.1. The maximum absolute atomic E-state index is 12.4. The predicted octanol–water partition coefficient (Wildman–Crippen LogP) is 2.98. The molecule has 0 aromatic heterocycles. The van der Waals surface area contributed by atoms with Crippen LogP contribution in [0.2, 0.25) is 0 Å². The van der Waals surface area contributed by atoms with Crippen LogP contribution in [0.1, 0.15) is 40.5 Å². The summed E-state index contributed by atoms with van der Waals surface area (Å²) in [6, 6.07) is 0. The summed E-state index contributed by atoms with van der Waals surface area (Å²) in [5, 5.41) is 0. The van der Waals surface area contributed by atoms with Crippen LogP contribution in [-0.2, 0) is 23.1 Å². The van der Waals surface area contributed by atoms with Gasteiger partial charge in [-0.1, -0.05) is 13.8 Å². The third-order valence-electron chi connectivity index (χ3n) is 2.05. The van der Waals surface area contributed by atoms with Gasteiger partial charge in [0.1, 0.15) is 0 Å². The fourth-order valence-electron chi connectivity index (χ4n) is 1.09. The lowest BCUT2D eigenvalue weighted by atomic mass is 10.5. The van der Waals surface area contributed by atoms with Gasteiger partial charge in [0, 0.05) is 0 Å². The fraction of sp³-hybridized carbons (Fsp3) is 0.909. The lowest BCUT2D eigenvalue weighted by molar-refractivity contribution is -0.142. The van der Waals surface area contributed by atoms with Gasteiger partial charge in [-0.25, -0.2) is 0 Å². The topological polar surface area (TPSA) is 61.8 Å². The van der Waals surface area contributed by atoms with E-state index >= 15 is 0 Å².